The first kappa shape index (κ1) is 21.4. The van der Waals surface area contributed by atoms with Gasteiger partial charge in [-0.1, -0.05) is 18.2 Å². The standard InChI is InChI=1S/C19H17F2NO5S/c1-12(28-15-5-3-2-4-6-15)18(25)26-11-16(23)22-17(24)13-7-9-14(10-8-13)27-19(20)21/h2-10,12,19H,11H2,1H3,(H,22,23,24)/t12-/m0/s1. The van der Waals surface area contributed by atoms with Crippen molar-refractivity contribution in [3.05, 3.63) is 60.2 Å². The van der Waals surface area contributed by atoms with E-state index in [9.17, 15) is 23.2 Å². The third-order valence-electron chi connectivity index (χ3n) is 3.33. The van der Waals surface area contributed by atoms with E-state index in [1.54, 1.807) is 6.92 Å². The molecule has 0 aliphatic rings. The minimum atomic E-state index is -2.97. The van der Waals surface area contributed by atoms with Crippen LogP contribution in [0.2, 0.25) is 0 Å². The highest BCUT2D eigenvalue weighted by molar-refractivity contribution is 8.00. The number of carbonyl (C=O) groups is 3. The first-order valence-corrected chi connectivity index (χ1v) is 9.00. The minimum absolute atomic E-state index is 0.0642. The fourth-order valence-electron chi connectivity index (χ4n) is 2.03. The lowest BCUT2D eigenvalue weighted by Gasteiger charge is -2.11. The van der Waals surface area contributed by atoms with E-state index in [-0.39, 0.29) is 11.3 Å². The Morgan fingerprint density at radius 2 is 1.68 bits per heavy atom. The molecule has 2 amide bonds. The van der Waals surface area contributed by atoms with Crippen LogP contribution in [-0.2, 0) is 14.3 Å². The molecule has 2 rings (SSSR count). The second-order valence-electron chi connectivity index (χ2n) is 5.46. The van der Waals surface area contributed by atoms with Crippen molar-refractivity contribution in [3.63, 3.8) is 0 Å². The molecule has 0 saturated heterocycles. The molecule has 0 unspecified atom stereocenters. The van der Waals surface area contributed by atoms with Gasteiger partial charge in [0.25, 0.3) is 11.8 Å². The molecule has 0 aliphatic heterocycles. The van der Waals surface area contributed by atoms with Crippen LogP contribution in [0.1, 0.15) is 17.3 Å². The number of benzene rings is 2. The maximum Gasteiger partial charge on any atom is 0.387 e. The summed E-state index contributed by atoms with van der Waals surface area (Å²) >= 11 is 1.28. The van der Waals surface area contributed by atoms with Crippen LogP contribution in [0.4, 0.5) is 8.78 Å². The fourth-order valence-corrected chi connectivity index (χ4v) is 2.91. The Balaban J connectivity index is 1.78. The summed E-state index contributed by atoms with van der Waals surface area (Å²) in [4.78, 5) is 36.6. The number of ether oxygens (including phenoxy) is 2. The van der Waals surface area contributed by atoms with Gasteiger partial charge in [0.15, 0.2) is 6.61 Å². The van der Waals surface area contributed by atoms with Gasteiger partial charge in [0, 0.05) is 10.5 Å². The first-order valence-electron chi connectivity index (χ1n) is 8.12. The van der Waals surface area contributed by atoms with Gasteiger partial charge < -0.3 is 9.47 Å². The molecule has 0 aliphatic carbocycles. The van der Waals surface area contributed by atoms with Gasteiger partial charge in [-0.05, 0) is 43.3 Å². The van der Waals surface area contributed by atoms with E-state index < -0.39 is 36.3 Å². The molecule has 0 fully saturated rings. The van der Waals surface area contributed by atoms with E-state index in [2.05, 4.69) is 4.74 Å². The molecule has 0 spiro atoms. The normalized spacial score (nSPS) is 11.6. The molecule has 1 N–H and O–H groups in total. The molecule has 0 radical (unpaired) electrons. The van der Waals surface area contributed by atoms with Crippen molar-refractivity contribution in [2.45, 2.75) is 23.7 Å². The van der Waals surface area contributed by atoms with Gasteiger partial charge in [0.05, 0.1) is 0 Å². The molecule has 0 aromatic heterocycles. The number of halogens is 2. The van der Waals surface area contributed by atoms with Crippen LogP contribution < -0.4 is 10.1 Å². The Bertz CT molecular complexity index is 815. The van der Waals surface area contributed by atoms with Gasteiger partial charge in [-0.2, -0.15) is 8.78 Å². The van der Waals surface area contributed by atoms with Crippen LogP contribution in [-0.4, -0.2) is 36.3 Å². The molecule has 9 heteroatoms. The number of amides is 2. The van der Waals surface area contributed by atoms with Gasteiger partial charge in [-0.15, -0.1) is 11.8 Å². The Labute approximate surface area is 164 Å². The predicted molar refractivity (Wildman–Crippen MR) is 98.3 cm³/mol. The Hall–Kier alpha value is -2.94. The van der Waals surface area contributed by atoms with Gasteiger partial charge in [0.1, 0.15) is 11.0 Å². The lowest BCUT2D eigenvalue weighted by atomic mass is 10.2. The summed E-state index contributed by atoms with van der Waals surface area (Å²) in [5.41, 5.74) is 0.0642. The summed E-state index contributed by atoms with van der Waals surface area (Å²) in [6.07, 6.45) is 0. The Morgan fingerprint density at radius 1 is 1.04 bits per heavy atom. The molecule has 2 aromatic carbocycles. The van der Waals surface area contributed by atoms with Crippen LogP contribution in [0, 0.1) is 0 Å². The number of alkyl halides is 2. The van der Waals surface area contributed by atoms with Crippen LogP contribution in [0.3, 0.4) is 0 Å². The number of carbonyl (C=O) groups excluding carboxylic acids is 3. The zero-order chi connectivity index (χ0) is 20.5. The van der Waals surface area contributed by atoms with Crippen molar-refractivity contribution in [3.8, 4) is 5.75 Å². The third kappa shape index (κ3) is 6.99. The molecule has 0 saturated carbocycles. The van der Waals surface area contributed by atoms with E-state index in [1.165, 1.54) is 36.0 Å². The Kier molecular flexibility index (Phi) is 7.94. The number of rotatable bonds is 8. The lowest BCUT2D eigenvalue weighted by molar-refractivity contribution is -0.147. The topological polar surface area (TPSA) is 81.7 Å². The average molecular weight is 409 g/mol. The number of hydrogen-bond donors (Lipinski definition) is 1. The average Bonchev–Trinajstić information content (AvgIpc) is 2.67. The second-order valence-corrected chi connectivity index (χ2v) is 6.88. The zero-order valence-electron chi connectivity index (χ0n) is 14.8. The molecule has 148 valence electrons. The Morgan fingerprint density at radius 3 is 2.29 bits per heavy atom. The van der Waals surface area contributed by atoms with Gasteiger partial charge >= 0.3 is 12.6 Å². The summed E-state index contributed by atoms with van der Waals surface area (Å²) in [7, 11) is 0. The SMILES string of the molecule is C[C@H](Sc1ccccc1)C(=O)OCC(=O)NC(=O)c1ccc(OC(F)F)cc1. The van der Waals surface area contributed by atoms with E-state index in [1.807, 2.05) is 35.6 Å². The summed E-state index contributed by atoms with van der Waals surface area (Å²) in [5.74, 6) is -2.26. The van der Waals surface area contributed by atoms with E-state index >= 15 is 0 Å². The van der Waals surface area contributed by atoms with Crippen LogP contribution in [0.15, 0.2) is 59.5 Å². The van der Waals surface area contributed by atoms with E-state index in [0.717, 1.165) is 4.90 Å². The molecule has 28 heavy (non-hydrogen) atoms. The van der Waals surface area contributed by atoms with E-state index in [4.69, 9.17) is 4.74 Å². The second kappa shape index (κ2) is 10.4. The fraction of sp³-hybridized carbons (Fsp3) is 0.211. The molecule has 0 heterocycles. The minimum Gasteiger partial charge on any atom is -0.455 e. The first-order chi connectivity index (χ1) is 13.3. The molecular formula is C19H17F2NO5S. The molecular weight excluding hydrogens is 392 g/mol. The molecule has 2 aromatic rings. The molecule has 0 bridgehead atoms. The quantitative estimate of drug-likeness (QED) is 0.532. The van der Waals surface area contributed by atoms with Gasteiger partial charge in [0.2, 0.25) is 0 Å². The maximum absolute atomic E-state index is 12.1. The lowest BCUT2D eigenvalue weighted by Crippen LogP contribution is -2.35. The summed E-state index contributed by atoms with van der Waals surface area (Å²) < 4.78 is 33.3. The number of nitrogens with one attached hydrogen (secondary N) is 1. The maximum atomic E-state index is 12.1. The molecule has 1 atom stereocenters. The number of imide groups is 1. The predicted octanol–water partition coefficient (Wildman–Crippen LogP) is 3.27. The monoisotopic (exact) mass is 409 g/mol. The molecule has 6 nitrogen and oxygen atoms in total. The summed E-state index contributed by atoms with van der Waals surface area (Å²) in [6, 6.07) is 14.0. The summed E-state index contributed by atoms with van der Waals surface area (Å²) in [5, 5.41) is 1.52. The van der Waals surface area contributed by atoms with Crippen molar-refractivity contribution in [1.29, 1.82) is 0 Å². The van der Waals surface area contributed by atoms with Gasteiger partial charge in [-0.3, -0.25) is 19.7 Å². The number of esters is 1. The van der Waals surface area contributed by atoms with Crippen LogP contribution in [0.25, 0.3) is 0 Å². The van der Waals surface area contributed by atoms with Crippen LogP contribution in [0.5, 0.6) is 5.75 Å². The van der Waals surface area contributed by atoms with Crippen molar-refractivity contribution in [1.82, 2.24) is 5.32 Å². The largest absolute Gasteiger partial charge is 0.455 e. The van der Waals surface area contributed by atoms with Crippen molar-refractivity contribution in [2.75, 3.05) is 6.61 Å². The highest BCUT2D eigenvalue weighted by atomic mass is 32.2. The summed E-state index contributed by atoms with van der Waals surface area (Å²) in [6.45, 7) is -1.94. The highest BCUT2D eigenvalue weighted by Gasteiger charge is 2.18. The number of hydrogen-bond acceptors (Lipinski definition) is 6. The zero-order valence-corrected chi connectivity index (χ0v) is 15.6. The third-order valence-corrected chi connectivity index (χ3v) is 4.42. The smallest absolute Gasteiger partial charge is 0.387 e. The van der Waals surface area contributed by atoms with Crippen molar-refractivity contribution >= 4 is 29.5 Å². The van der Waals surface area contributed by atoms with Gasteiger partial charge in [-0.25, -0.2) is 0 Å². The van der Waals surface area contributed by atoms with Crippen molar-refractivity contribution < 1.29 is 32.6 Å². The van der Waals surface area contributed by atoms with Crippen molar-refractivity contribution in [2.24, 2.45) is 0 Å². The number of thioether (sulfide) groups is 1. The highest BCUT2D eigenvalue weighted by Crippen LogP contribution is 2.23. The van der Waals surface area contributed by atoms with Crippen LogP contribution >= 0.6 is 11.8 Å². The van der Waals surface area contributed by atoms with E-state index in [0.29, 0.717) is 0 Å².